The van der Waals surface area contributed by atoms with E-state index in [9.17, 15) is 4.39 Å². The van der Waals surface area contributed by atoms with Crippen LogP contribution in [0.2, 0.25) is 0 Å². The minimum absolute atomic E-state index is 0. The van der Waals surface area contributed by atoms with Gasteiger partial charge >= 0.3 is 0 Å². The number of nitrogens with one attached hydrogen (secondary N) is 1. The van der Waals surface area contributed by atoms with Crippen molar-refractivity contribution in [2.45, 2.75) is 33.5 Å². The minimum Gasteiger partial charge on any atom is -0.357 e. The molecular formula is C19H29FIN5S. The number of aromatic nitrogens is 1. The van der Waals surface area contributed by atoms with Crippen LogP contribution >= 0.6 is 35.3 Å². The number of nitrogens with zero attached hydrogens (tertiary/aromatic N) is 4. The molecule has 1 heterocycles. The number of benzene rings is 1. The molecule has 0 unspecified atom stereocenters. The molecule has 1 aromatic heterocycles. The maximum atomic E-state index is 13.9. The van der Waals surface area contributed by atoms with Gasteiger partial charge in [-0.25, -0.2) is 14.4 Å². The van der Waals surface area contributed by atoms with Gasteiger partial charge in [0.25, 0.3) is 0 Å². The molecule has 1 aromatic carbocycles. The number of hydrogen-bond acceptors (Lipinski definition) is 4. The Morgan fingerprint density at radius 1 is 1.26 bits per heavy atom. The molecule has 2 aromatic rings. The van der Waals surface area contributed by atoms with Gasteiger partial charge in [0.2, 0.25) is 0 Å². The topological polar surface area (TPSA) is 43.8 Å². The molecule has 0 aliphatic rings. The third kappa shape index (κ3) is 7.71. The number of guanidine groups is 1. The molecule has 0 amide bonds. The first-order chi connectivity index (χ1) is 12.4. The van der Waals surface area contributed by atoms with Gasteiger partial charge in [-0.15, -0.1) is 35.3 Å². The summed E-state index contributed by atoms with van der Waals surface area (Å²) >= 11 is 1.65. The molecule has 8 heteroatoms. The van der Waals surface area contributed by atoms with Gasteiger partial charge in [0.1, 0.15) is 5.82 Å². The average Bonchev–Trinajstić information content (AvgIpc) is 2.98. The van der Waals surface area contributed by atoms with Gasteiger partial charge in [-0.05, 0) is 45.6 Å². The van der Waals surface area contributed by atoms with Crippen molar-refractivity contribution in [3.05, 3.63) is 51.2 Å². The lowest BCUT2D eigenvalue weighted by Crippen LogP contribution is -2.38. The van der Waals surface area contributed by atoms with E-state index < -0.39 is 0 Å². The summed E-state index contributed by atoms with van der Waals surface area (Å²) in [5.74, 6) is 0.644. The van der Waals surface area contributed by atoms with Gasteiger partial charge in [0.05, 0.1) is 23.8 Å². The molecule has 1 N–H and O–H groups in total. The molecule has 0 fully saturated rings. The van der Waals surface area contributed by atoms with Crippen LogP contribution in [0.5, 0.6) is 0 Å². The molecule has 0 bridgehead atoms. The molecule has 150 valence electrons. The van der Waals surface area contributed by atoms with Gasteiger partial charge in [-0.3, -0.25) is 0 Å². The third-order valence-electron chi connectivity index (χ3n) is 3.77. The Kier molecular flexibility index (Phi) is 10.2. The van der Waals surface area contributed by atoms with Crippen LogP contribution in [0.3, 0.4) is 0 Å². The van der Waals surface area contributed by atoms with Crippen molar-refractivity contribution in [3.8, 4) is 0 Å². The number of aliphatic imine (C=N–C) groups is 1. The highest BCUT2D eigenvalue weighted by Gasteiger charge is 2.09. The van der Waals surface area contributed by atoms with Crippen molar-refractivity contribution in [1.82, 2.24) is 20.1 Å². The fourth-order valence-electron chi connectivity index (χ4n) is 2.62. The van der Waals surface area contributed by atoms with E-state index in [-0.39, 0.29) is 29.8 Å². The van der Waals surface area contributed by atoms with Crippen LogP contribution in [0.1, 0.15) is 28.8 Å². The van der Waals surface area contributed by atoms with Gasteiger partial charge in [0.15, 0.2) is 5.96 Å². The van der Waals surface area contributed by atoms with Crippen LogP contribution in [0.25, 0.3) is 0 Å². The Hall–Kier alpha value is -1.26. The quantitative estimate of drug-likeness (QED) is 0.353. The second kappa shape index (κ2) is 11.6. The summed E-state index contributed by atoms with van der Waals surface area (Å²) in [5, 5.41) is 6.44. The highest BCUT2D eigenvalue weighted by atomic mass is 127. The first kappa shape index (κ1) is 23.8. The van der Waals surface area contributed by atoms with Crippen LogP contribution in [0, 0.1) is 12.7 Å². The van der Waals surface area contributed by atoms with E-state index in [1.165, 1.54) is 6.07 Å². The molecule has 0 saturated heterocycles. The summed E-state index contributed by atoms with van der Waals surface area (Å²) in [6, 6.07) is 5.22. The number of thiazole rings is 1. The molecule has 27 heavy (non-hydrogen) atoms. The highest BCUT2D eigenvalue weighted by molar-refractivity contribution is 14.0. The van der Waals surface area contributed by atoms with E-state index in [1.807, 2.05) is 46.0 Å². The number of hydrogen-bond donors (Lipinski definition) is 1. The van der Waals surface area contributed by atoms with E-state index in [1.54, 1.807) is 17.4 Å². The van der Waals surface area contributed by atoms with Crippen molar-refractivity contribution in [2.75, 3.05) is 27.7 Å². The van der Waals surface area contributed by atoms with E-state index in [0.717, 1.165) is 28.8 Å². The molecule has 5 nitrogen and oxygen atoms in total. The van der Waals surface area contributed by atoms with Crippen molar-refractivity contribution in [3.63, 3.8) is 0 Å². The monoisotopic (exact) mass is 505 g/mol. The third-order valence-corrected chi connectivity index (χ3v) is 4.59. The molecule has 0 aliphatic heterocycles. The maximum Gasteiger partial charge on any atom is 0.194 e. The van der Waals surface area contributed by atoms with Crippen LogP contribution in [0.15, 0.2) is 28.6 Å². The lowest BCUT2D eigenvalue weighted by molar-refractivity contribution is 0.392. The van der Waals surface area contributed by atoms with E-state index in [4.69, 9.17) is 4.99 Å². The molecule has 0 aliphatic carbocycles. The van der Waals surface area contributed by atoms with Crippen LogP contribution in [0.4, 0.5) is 4.39 Å². The average molecular weight is 505 g/mol. The molecule has 0 saturated carbocycles. The summed E-state index contributed by atoms with van der Waals surface area (Å²) in [6.07, 6.45) is 0. The standard InChI is InChI=1S/C19H28FN5S.HI/c1-6-21-19(25(5)12-17-13-26-14(2)23-17)22-10-15-7-8-18(20)16(9-15)11-24(3)4;/h7-9,13H,6,10-12H2,1-5H3,(H,21,22);1H. The molecule has 2 rings (SSSR count). The zero-order chi connectivity index (χ0) is 19.1. The highest BCUT2D eigenvalue weighted by Crippen LogP contribution is 2.14. The lowest BCUT2D eigenvalue weighted by atomic mass is 10.1. The summed E-state index contributed by atoms with van der Waals surface area (Å²) in [5.41, 5.74) is 2.73. The fraction of sp³-hybridized carbons (Fsp3) is 0.474. The van der Waals surface area contributed by atoms with Gasteiger partial charge in [-0.2, -0.15) is 0 Å². The van der Waals surface area contributed by atoms with E-state index >= 15 is 0 Å². The van der Waals surface area contributed by atoms with Gasteiger partial charge in [0, 0.05) is 31.1 Å². The fourth-order valence-corrected chi connectivity index (χ4v) is 3.23. The summed E-state index contributed by atoms with van der Waals surface area (Å²) < 4.78 is 13.9. The Morgan fingerprint density at radius 3 is 2.59 bits per heavy atom. The second-order valence-electron chi connectivity index (χ2n) is 6.55. The van der Waals surface area contributed by atoms with E-state index in [0.29, 0.717) is 25.2 Å². The van der Waals surface area contributed by atoms with Gasteiger partial charge in [-0.1, -0.05) is 6.07 Å². The molecule has 0 atom stereocenters. The van der Waals surface area contributed by atoms with Crippen LogP contribution < -0.4 is 5.32 Å². The first-order valence-corrected chi connectivity index (χ1v) is 9.59. The predicted octanol–water partition coefficient (Wildman–Crippen LogP) is 3.87. The molecular weight excluding hydrogens is 476 g/mol. The first-order valence-electron chi connectivity index (χ1n) is 8.71. The Morgan fingerprint density at radius 2 is 2.00 bits per heavy atom. The second-order valence-corrected chi connectivity index (χ2v) is 7.61. The Balaban J connectivity index is 0.00000364. The van der Waals surface area contributed by atoms with Gasteiger partial charge < -0.3 is 15.1 Å². The van der Waals surface area contributed by atoms with Crippen molar-refractivity contribution >= 4 is 41.3 Å². The summed E-state index contributed by atoms with van der Waals surface area (Å²) in [6.45, 7) is 6.62. The maximum absolute atomic E-state index is 13.9. The lowest BCUT2D eigenvalue weighted by Gasteiger charge is -2.21. The molecule has 0 radical (unpaired) electrons. The van der Waals surface area contributed by atoms with Crippen molar-refractivity contribution in [1.29, 1.82) is 0 Å². The number of aryl methyl sites for hydroxylation is 1. The van der Waals surface area contributed by atoms with Crippen LogP contribution in [-0.4, -0.2) is 48.4 Å². The largest absolute Gasteiger partial charge is 0.357 e. The summed E-state index contributed by atoms with van der Waals surface area (Å²) in [4.78, 5) is 13.2. The smallest absolute Gasteiger partial charge is 0.194 e. The normalized spacial score (nSPS) is 11.4. The predicted molar refractivity (Wildman–Crippen MR) is 122 cm³/mol. The van der Waals surface area contributed by atoms with Crippen molar-refractivity contribution < 1.29 is 4.39 Å². The molecule has 0 spiro atoms. The number of halogens is 2. The SMILES string of the molecule is CCNC(=NCc1ccc(F)c(CN(C)C)c1)N(C)Cc1csc(C)n1.I. The Bertz CT molecular complexity index is 747. The van der Waals surface area contributed by atoms with Crippen LogP contribution in [-0.2, 0) is 19.6 Å². The zero-order valence-corrected chi connectivity index (χ0v) is 19.8. The van der Waals surface area contributed by atoms with Crippen molar-refractivity contribution in [2.24, 2.45) is 4.99 Å². The number of rotatable bonds is 7. The summed E-state index contributed by atoms with van der Waals surface area (Å²) in [7, 11) is 5.86. The minimum atomic E-state index is -0.172. The zero-order valence-electron chi connectivity index (χ0n) is 16.6. The van der Waals surface area contributed by atoms with E-state index in [2.05, 4.69) is 20.6 Å². The Labute approximate surface area is 182 Å².